The zero-order valence-corrected chi connectivity index (χ0v) is 17.7. The molecule has 1 heterocycles. The molecule has 8 nitrogen and oxygen atoms in total. The first-order valence-corrected chi connectivity index (χ1v) is 10.9. The van der Waals surface area contributed by atoms with Crippen LogP contribution in [0.15, 0.2) is 52.4 Å². The summed E-state index contributed by atoms with van der Waals surface area (Å²) in [6, 6.07) is 7.29. The second-order valence-corrected chi connectivity index (χ2v) is 8.78. The molecule has 0 bridgehead atoms. The number of alkyl carbamates (subject to hydrolysis) is 1. The Balaban J connectivity index is 1.77. The monoisotopic (exact) mass is 475 g/mol. The Kier molecular flexibility index (Phi) is 6.36. The number of benzene rings is 2. The number of carbonyl (C=O) groups excluding carboxylic acids is 1. The number of rotatable bonds is 4. The molecule has 0 fully saturated rings. The Bertz CT molecular complexity index is 1130. The standard InChI is InChI=1S/C18H16F3N3O5S2/c1-10(2)28-17(25)23-16-22-14-7-6-12(9-15(14)24-30-16)29-31(26,27)13-5-3-4-11(8-13)18(19,20)21/h3-10,24H,1-2H3,(H,22,23,25). The second kappa shape index (κ2) is 8.67. The summed E-state index contributed by atoms with van der Waals surface area (Å²) in [6.07, 6.45) is -5.68. The fraction of sp³-hybridized carbons (Fsp3) is 0.222. The van der Waals surface area contributed by atoms with E-state index < -0.39 is 32.8 Å². The van der Waals surface area contributed by atoms with E-state index in [1.165, 1.54) is 18.2 Å². The number of hydrogen-bond donors (Lipinski definition) is 2. The fourth-order valence-electron chi connectivity index (χ4n) is 2.37. The van der Waals surface area contributed by atoms with E-state index in [4.69, 9.17) is 8.92 Å². The highest BCUT2D eigenvalue weighted by molar-refractivity contribution is 8.15. The normalized spacial score (nSPS) is 13.7. The summed E-state index contributed by atoms with van der Waals surface area (Å²) in [6.45, 7) is 3.38. The first-order chi connectivity index (χ1) is 14.4. The van der Waals surface area contributed by atoms with Gasteiger partial charge in [0.15, 0.2) is 5.17 Å². The van der Waals surface area contributed by atoms with Crippen LogP contribution in [0, 0.1) is 0 Å². The van der Waals surface area contributed by atoms with E-state index in [0.717, 1.165) is 30.1 Å². The number of alkyl halides is 3. The number of anilines is 1. The number of carbonyl (C=O) groups is 1. The van der Waals surface area contributed by atoms with Crippen molar-refractivity contribution in [2.75, 3.05) is 4.72 Å². The zero-order valence-electron chi connectivity index (χ0n) is 16.1. The minimum absolute atomic E-state index is 0.130. The predicted octanol–water partition coefficient (Wildman–Crippen LogP) is 4.67. The topological polar surface area (TPSA) is 106 Å². The van der Waals surface area contributed by atoms with E-state index in [2.05, 4.69) is 15.0 Å². The SMILES string of the molecule is CC(C)OC(=O)NC1=Nc2ccc(OS(=O)(=O)c3cccc(C(F)(F)F)c3)cc2NS1. The van der Waals surface area contributed by atoms with Gasteiger partial charge in [-0.1, -0.05) is 6.07 Å². The van der Waals surface area contributed by atoms with Crippen molar-refractivity contribution in [1.82, 2.24) is 5.32 Å². The van der Waals surface area contributed by atoms with Gasteiger partial charge in [-0.05, 0) is 44.2 Å². The van der Waals surface area contributed by atoms with Gasteiger partial charge in [0.2, 0.25) is 0 Å². The molecule has 1 aliphatic rings. The van der Waals surface area contributed by atoms with Crippen LogP contribution >= 0.6 is 11.9 Å². The number of ether oxygens (including phenoxy) is 1. The van der Waals surface area contributed by atoms with Crippen LogP contribution in [-0.2, 0) is 21.0 Å². The van der Waals surface area contributed by atoms with Crippen molar-refractivity contribution in [1.29, 1.82) is 0 Å². The molecule has 3 rings (SSSR count). The Hall–Kier alpha value is -2.93. The highest BCUT2D eigenvalue weighted by atomic mass is 32.2. The molecule has 31 heavy (non-hydrogen) atoms. The third-order valence-electron chi connectivity index (χ3n) is 3.66. The summed E-state index contributed by atoms with van der Waals surface area (Å²) in [4.78, 5) is 15.2. The molecule has 1 aliphatic heterocycles. The molecule has 1 amide bonds. The van der Waals surface area contributed by atoms with E-state index in [0.29, 0.717) is 17.4 Å². The molecule has 0 radical (unpaired) electrons. The fourth-order valence-corrected chi connectivity index (χ4v) is 3.99. The van der Waals surface area contributed by atoms with Gasteiger partial charge in [-0.2, -0.15) is 21.6 Å². The number of hydrogen-bond acceptors (Lipinski definition) is 8. The number of aliphatic imine (C=N–C) groups is 1. The van der Waals surface area contributed by atoms with Gasteiger partial charge in [0.05, 0.1) is 23.0 Å². The predicted molar refractivity (Wildman–Crippen MR) is 109 cm³/mol. The van der Waals surface area contributed by atoms with Gasteiger partial charge in [-0.25, -0.2) is 9.79 Å². The van der Waals surface area contributed by atoms with Gasteiger partial charge in [-0.15, -0.1) is 0 Å². The lowest BCUT2D eigenvalue weighted by molar-refractivity contribution is -0.137. The molecule has 2 aromatic carbocycles. The van der Waals surface area contributed by atoms with Gasteiger partial charge in [0.1, 0.15) is 10.6 Å². The summed E-state index contributed by atoms with van der Waals surface area (Å²) in [7, 11) is -4.50. The third kappa shape index (κ3) is 5.82. The molecular weight excluding hydrogens is 459 g/mol. The Morgan fingerprint density at radius 2 is 1.94 bits per heavy atom. The number of amidine groups is 1. The Morgan fingerprint density at radius 3 is 2.61 bits per heavy atom. The summed E-state index contributed by atoms with van der Waals surface area (Å²) in [5.74, 6) is -0.130. The summed E-state index contributed by atoms with van der Waals surface area (Å²) >= 11 is 0.947. The number of nitrogens with zero attached hydrogens (tertiary/aromatic N) is 1. The van der Waals surface area contributed by atoms with E-state index in [1.807, 2.05) is 0 Å². The largest absolute Gasteiger partial charge is 0.447 e. The van der Waals surface area contributed by atoms with Crippen LogP contribution < -0.4 is 14.2 Å². The molecule has 0 saturated heterocycles. The molecule has 2 aromatic rings. The molecular formula is C18H16F3N3O5S2. The highest BCUT2D eigenvalue weighted by Crippen LogP contribution is 2.36. The average Bonchev–Trinajstić information content (AvgIpc) is 2.66. The quantitative estimate of drug-likeness (QED) is 0.489. The third-order valence-corrected chi connectivity index (χ3v) is 5.61. The minimum Gasteiger partial charge on any atom is -0.447 e. The number of amides is 1. The van der Waals surface area contributed by atoms with Crippen LogP contribution in [0.1, 0.15) is 19.4 Å². The van der Waals surface area contributed by atoms with E-state index >= 15 is 0 Å². The molecule has 166 valence electrons. The number of nitrogens with one attached hydrogen (secondary N) is 2. The van der Waals surface area contributed by atoms with E-state index in [-0.39, 0.29) is 17.0 Å². The van der Waals surface area contributed by atoms with Crippen molar-refractivity contribution in [3.8, 4) is 5.75 Å². The smallest absolute Gasteiger partial charge is 0.416 e. The number of fused-ring (bicyclic) bond motifs is 1. The lowest BCUT2D eigenvalue weighted by Crippen LogP contribution is -2.32. The lowest BCUT2D eigenvalue weighted by atomic mass is 10.2. The second-order valence-electron chi connectivity index (χ2n) is 6.44. The van der Waals surface area contributed by atoms with Crippen molar-refractivity contribution < 1.29 is 35.3 Å². The van der Waals surface area contributed by atoms with Gasteiger partial charge < -0.3 is 13.6 Å². The maximum atomic E-state index is 12.9. The molecule has 13 heteroatoms. The van der Waals surface area contributed by atoms with Gasteiger partial charge in [-0.3, -0.25) is 5.32 Å². The molecule has 0 atom stereocenters. The minimum atomic E-state index is -4.69. The van der Waals surface area contributed by atoms with Crippen molar-refractivity contribution in [3.63, 3.8) is 0 Å². The first-order valence-electron chi connectivity index (χ1n) is 8.69. The maximum Gasteiger partial charge on any atom is 0.416 e. The van der Waals surface area contributed by atoms with Crippen LogP contribution in [-0.4, -0.2) is 25.8 Å². The molecule has 2 N–H and O–H groups in total. The van der Waals surface area contributed by atoms with Crippen molar-refractivity contribution in [2.45, 2.75) is 31.0 Å². The molecule has 0 saturated carbocycles. The summed E-state index contributed by atoms with van der Waals surface area (Å²) < 4.78 is 76.2. The summed E-state index contributed by atoms with van der Waals surface area (Å²) in [5, 5.41) is 2.66. The summed E-state index contributed by atoms with van der Waals surface area (Å²) in [5.41, 5.74) is -0.349. The molecule has 0 spiro atoms. The van der Waals surface area contributed by atoms with Crippen LogP contribution in [0.5, 0.6) is 5.75 Å². The Morgan fingerprint density at radius 1 is 1.19 bits per heavy atom. The maximum absolute atomic E-state index is 12.9. The highest BCUT2D eigenvalue weighted by Gasteiger charge is 2.32. The molecule has 0 unspecified atom stereocenters. The lowest BCUT2D eigenvalue weighted by Gasteiger charge is -2.18. The Labute approximate surface area is 180 Å². The van der Waals surface area contributed by atoms with Crippen LogP contribution in [0.25, 0.3) is 0 Å². The first kappa shape index (κ1) is 22.7. The van der Waals surface area contributed by atoms with E-state index in [1.54, 1.807) is 13.8 Å². The zero-order chi connectivity index (χ0) is 22.8. The van der Waals surface area contributed by atoms with Crippen molar-refractivity contribution in [3.05, 3.63) is 48.0 Å². The molecule has 0 aliphatic carbocycles. The van der Waals surface area contributed by atoms with Crippen molar-refractivity contribution in [2.24, 2.45) is 4.99 Å². The van der Waals surface area contributed by atoms with Gasteiger partial charge >= 0.3 is 22.4 Å². The van der Waals surface area contributed by atoms with Crippen LogP contribution in [0.4, 0.5) is 29.3 Å². The van der Waals surface area contributed by atoms with Gasteiger partial charge in [0, 0.05) is 18.0 Å². The van der Waals surface area contributed by atoms with E-state index in [9.17, 15) is 26.4 Å². The van der Waals surface area contributed by atoms with Crippen LogP contribution in [0.3, 0.4) is 0 Å². The molecule has 0 aromatic heterocycles. The van der Waals surface area contributed by atoms with Crippen molar-refractivity contribution >= 4 is 44.7 Å². The van der Waals surface area contributed by atoms with Gasteiger partial charge in [0.25, 0.3) is 0 Å². The number of halogens is 3. The average molecular weight is 475 g/mol. The van der Waals surface area contributed by atoms with Crippen LogP contribution in [0.2, 0.25) is 0 Å².